The molecule has 0 atom stereocenters. The molecule has 0 aliphatic rings. The van der Waals surface area contributed by atoms with Crippen LogP contribution in [0, 0.1) is 0 Å². The van der Waals surface area contributed by atoms with Gasteiger partial charge in [-0.3, -0.25) is 4.57 Å². The van der Waals surface area contributed by atoms with Gasteiger partial charge in [-0.05, 0) is 70.4 Å². The van der Waals surface area contributed by atoms with Crippen molar-refractivity contribution in [2.75, 3.05) is 0 Å². The molecule has 0 radical (unpaired) electrons. The standard InChI is InChI=1S/C56H32N4OS/c1-2-13-33(14-3-1)34-25-27-36(28-26-34)59-46-22-9-6-18-38(46)40-29-30-41-45-31-44-39-19-7-10-23-47(39)60(48(44)32-50(45)62-54(41)52(40)59)56-53-51(43-20-8-11-24-49(43)61-53)57-55(58-56)42-21-12-16-35-15-4-5-17-37(35)42/h1-32H. The van der Waals surface area contributed by atoms with Gasteiger partial charge < -0.3 is 8.98 Å². The van der Waals surface area contributed by atoms with Crippen LogP contribution in [0.1, 0.15) is 0 Å². The van der Waals surface area contributed by atoms with Crippen molar-refractivity contribution in [2.45, 2.75) is 0 Å². The number of rotatable bonds is 4. The molecule has 5 heterocycles. The van der Waals surface area contributed by atoms with E-state index in [1.165, 1.54) is 58.5 Å². The second kappa shape index (κ2) is 12.7. The Kier molecular flexibility index (Phi) is 6.92. The highest BCUT2D eigenvalue weighted by Gasteiger charge is 2.24. The Bertz CT molecular complexity index is 4150. The van der Waals surface area contributed by atoms with Gasteiger partial charge in [0.05, 0.1) is 26.8 Å². The van der Waals surface area contributed by atoms with E-state index in [1.54, 1.807) is 0 Å². The number of furan rings is 1. The van der Waals surface area contributed by atoms with E-state index in [0.717, 1.165) is 60.7 Å². The highest BCUT2D eigenvalue weighted by molar-refractivity contribution is 7.26. The molecule has 0 saturated carbocycles. The summed E-state index contributed by atoms with van der Waals surface area (Å²) in [5.41, 5.74) is 11.4. The average Bonchev–Trinajstić information content (AvgIpc) is 4.08. The van der Waals surface area contributed by atoms with E-state index in [-0.39, 0.29) is 0 Å². The lowest BCUT2D eigenvalue weighted by Gasteiger charge is -2.11. The highest BCUT2D eigenvalue weighted by Crippen LogP contribution is 2.46. The number of nitrogens with zero attached hydrogens (tertiary/aromatic N) is 4. The van der Waals surface area contributed by atoms with Crippen molar-refractivity contribution in [2.24, 2.45) is 0 Å². The topological polar surface area (TPSA) is 48.8 Å². The monoisotopic (exact) mass is 808 g/mol. The maximum absolute atomic E-state index is 6.74. The molecule has 0 N–H and O–H groups in total. The lowest BCUT2D eigenvalue weighted by atomic mass is 10.0. The van der Waals surface area contributed by atoms with Crippen molar-refractivity contribution in [3.8, 4) is 34.0 Å². The maximum Gasteiger partial charge on any atom is 0.197 e. The summed E-state index contributed by atoms with van der Waals surface area (Å²) in [6, 6.07) is 69.5. The zero-order chi connectivity index (χ0) is 40.5. The van der Waals surface area contributed by atoms with Gasteiger partial charge in [0.15, 0.2) is 17.2 Å². The quantitative estimate of drug-likeness (QED) is 0.178. The molecule has 288 valence electrons. The molecule has 0 saturated heterocycles. The van der Waals surface area contributed by atoms with Crippen molar-refractivity contribution < 1.29 is 4.42 Å². The van der Waals surface area contributed by atoms with Crippen molar-refractivity contribution in [3.63, 3.8) is 0 Å². The molecule has 0 aliphatic carbocycles. The maximum atomic E-state index is 6.74. The number of para-hydroxylation sites is 3. The third-order valence-corrected chi connectivity index (χ3v) is 13.9. The molecule has 0 fully saturated rings. The van der Waals surface area contributed by atoms with Gasteiger partial charge in [0.1, 0.15) is 11.1 Å². The first-order valence-corrected chi connectivity index (χ1v) is 21.7. The average molecular weight is 809 g/mol. The SMILES string of the molecule is c1ccc(-c2ccc(-n3c4ccccc4c4ccc5c6cc7c8ccccc8n(-c8nc(-c9cccc%10ccccc9%10)nc9c8oc8ccccc89)c7cc6sc5c43)cc2)cc1. The Hall–Kier alpha value is -8.06. The largest absolute Gasteiger partial charge is 0.450 e. The molecule has 14 rings (SSSR count). The van der Waals surface area contributed by atoms with E-state index in [4.69, 9.17) is 14.4 Å². The van der Waals surface area contributed by atoms with Gasteiger partial charge in [-0.2, -0.15) is 0 Å². The number of hydrogen-bond donors (Lipinski definition) is 0. The number of aromatic nitrogens is 4. The van der Waals surface area contributed by atoms with Gasteiger partial charge in [0, 0.05) is 53.7 Å². The van der Waals surface area contributed by atoms with Gasteiger partial charge in [-0.25, -0.2) is 9.97 Å². The summed E-state index contributed by atoms with van der Waals surface area (Å²) in [6.07, 6.45) is 0. The summed E-state index contributed by atoms with van der Waals surface area (Å²) in [6.45, 7) is 0. The van der Waals surface area contributed by atoms with Crippen molar-refractivity contribution in [1.82, 2.24) is 19.1 Å². The van der Waals surface area contributed by atoms with E-state index in [0.29, 0.717) is 11.4 Å². The predicted octanol–water partition coefficient (Wildman–Crippen LogP) is 15.4. The van der Waals surface area contributed by atoms with Crippen LogP contribution in [-0.4, -0.2) is 19.1 Å². The van der Waals surface area contributed by atoms with Crippen LogP contribution in [0.2, 0.25) is 0 Å². The molecule has 0 aliphatic heterocycles. The van der Waals surface area contributed by atoms with Gasteiger partial charge in [0.2, 0.25) is 0 Å². The Balaban J connectivity index is 1.06. The molecule has 0 amide bonds. The molecular weight excluding hydrogens is 777 g/mol. The fourth-order valence-corrected chi connectivity index (χ4v) is 11.2. The third kappa shape index (κ3) is 4.72. The molecule has 5 nitrogen and oxygen atoms in total. The fourth-order valence-electron chi connectivity index (χ4n) is 9.94. The molecule has 5 aromatic heterocycles. The Morgan fingerprint density at radius 2 is 1.10 bits per heavy atom. The Labute approximate surface area is 358 Å². The first-order valence-electron chi connectivity index (χ1n) is 20.9. The Morgan fingerprint density at radius 1 is 0.435 bits per heavy atom. The van der Waals surface area contributed by atoms with E-state index < -0.39 is 0 Å². The minimum absolute atomic E-state index is 0.664. The number of hydrogen-bond acceptors (Lipinski definition) is 4. The first kappa shape index (κ1) is 33.7. The normalized spacial score (nSPS) is 12.2. The van der Waals surface area contributed by atoms with Crippen LogP contribution < -0.4 is 0 Å². The van der Waals surface area contributed by atoms with Crippen molar-refractivity contribution in [3.05, 3.63) is 194 Å². The van der Waals surface area contributed by atoms with Crippen molar-refractivity contribution in [1.29, 1.82) is 0 Å². The van der Waals surface area contributed by atoms with E-state index >= 15 is 0 Å². The Morgan fingerprint density at radius 3 is 1.94 bits per heavy atom. The molecule has 0 bridgehead atoms. The van der Waals surface area contributed by atoms with E-state index in [2.05, 4.69) is 185 Å². The number of benzene rings is 9. The first-order chi connectivity index (χ1) is 30.7. The molecule has 0 spiro atoms. The smallest absolute Gasteiger partial charge is 0.197 e. The molecule has 6 heteroatoms. The zero-order valence-electron chi connectivity index (χ0n) is 33.1. The minimum Gasteiger partial charge on any atom is -0.450 e. The summed E-state index contributed by atoms with van der Waals surface area (Å²) in [5.74, 6) is 1.39. The van der Waals surface area contributed by atoms with Gasteiger partial charge in [-0.15, -0.1) is 11.3 Å². The highest BCUT2D eigenvalue weighted by atomic mass is 32.1. The number of fused-ring (bicyclic) bond motifs is 14. The summed E-state index contributed by atoms with van der Waals surface area (Å²) < 4.78 is 14.0. The van der Waals surface area contributed by atoms with Crippen LogP contribution in [0.15, 0.2) is 199 Å². The van der Waals surface area contributed by atoms with Crippen LogP contribution in [-0.2, 0) is 0 Å². The van der Waals surface area contributed by atoms with Crippen LogP contribution in [0.5, 0.6) is 0 Å². The second-order valence-electron chi connectivity index (χ2n) is 16.1. The molecule has 62 heavy (non-hydrogen) atoms. The van der Waals surface area contributed by atoms with Gasteiger partial charge >= 0.3 is 0 Å². The minimum atomic E-state index is 0.664. The third-order valence-electron chi connectivity index (χ3n) is 12.7. The second-order valence-corrected chi connectivity index (χ2v) is 17.1. The molecule has 14 aromatic rings. The van der Waals surface area contributed by atoms with Crippen LogP contribution >= 0.6 is 11.3 Å². The summed E-state index contributed by atoms with van der Waals surface area (Å²) in [7, 11) is 0. The molecule has 0 unspecified atom stereocenters. The predicted molar refractivity (Wildman–Crippen MR) is 259 cm³/mol. The van der Waals surface area contributed by atoms with Gasteiger partial charge in [-0.1, -0.05) is 146 Å². The lowest BCUT2D eigenvalue weighted by molar-refractivity contribution is 0.662. The molecule has 9 aromatic carbocycles. The van der Waals surface area contributed by atoms with Gasteiger partial charge in [0.25, 0.3) is 0 Å². The van der Waals surface area contributed by atoms with Crippen LogP contribution in [0.4, 0.5) is 0 Å². The lowest BCUT2D eigenvalue weighted by Crippen LogP contribution is -2.02. The fraction of sp³-hybridized carbons (Fsp3) is 0. The van der Waals surface area contributed by atoms with E-state index in [1.807, 2.05) is 29.5 Å². The zero-order valence-corrected chi connectivity index (χ0v) is 33.9. The van der Waals surface area contributed by atoms with Crippen LogP contribution in [0.25, 0.3) is 131 Å². The summed E-state index contributed by atoms with van der Waals surface area (Å²) in [4.78, 5) is 10.8. The van der Waals surface area contributed by atoms with E-state index in [9.17, 15) is 0 Å². The molecular formula is C56H32N4OS. The van der Waals surface area contributed by atoms with Crippen molar-refractivity contribution >= 4 is 108 Å². The summed E-state index contributed by atoms with van der Waals surface area (Å²) >= 11 is 1.86. The number of thiophene rings is 1. The summed E-state index contributed by atoms with van der Waals surface area (Å²) in [5, 5.41) is 10.5. The van der Waals surface area contributed by atoms with Crippen LogP contribution in [0.3, 0.4) is 0 Å².